The van der Waals surface area contributed by atoms with Crippen LogP contribution in [0.2, 0.25) is 0 Å². The molecule has 0 aliphatic carbocycles. The van der Waals surface area contributed by atoms with E-state index < -0.39 is 5.41 Å². The van der Waals surface area contributed by atoms with Gasteiger partial charge in [-0.3, -0.25) is 9.59 Å². The highest BCUT2D eigenvalue weighted by Gasteiger charge is 2.38. The van der Waals surface area contributed by atoms with Crippen LogP contribution in [0.25, 0.3) is 0 Å². The highest BCUT2D eigenvalue weighted by Crippen LogP contribution is 2.26. The fourth-order valence-electron chi connectivity index (χ4n) is 2.46. The van der Waals surface area contributed by atoms with Crippen molar-refractivity contribution in [2.75, 3.05) is 11.9 Å². The topological polar surface area (TPSA) is 49.4 Å². The van der Waals surface area contributed by atoms with Gasteiger partial charge in [-0.2, -0.15) is 0 Å². The number of anilines is 1. The van der Waals surface area contributed by atoms with E-state index in [9.17, 15) is 9.59 Å². The Morgan fingerprint density at radius 3 is 2.45 bits per heavy atom. The molecule has 1 heterocycles. The monoisotopic (exact) mass is 274 g/mol. The molecule has 1 aliphatic rings. The maximum Gasteiger partial charge on any atom is 0.247 e. The quantitative estimate of drug-likeness (QED) is 0.901. The van der Waals surface area contributed by atoms with E-state index in [4.69, 9.17) is 0 Å². The number of hydrogen-bond acceptors (Lipinski definition) is 2. The van der Waals surface area contributed by atoms with Gasteiger partial charge in [-0.15, -0.1) is 0 Å². The Bertz CT molecular complexity index is 491. The SMILES string of the molecule is CC(C)(C)C(=O)N1CCCC1C(=O)Nc1ccccc1. The summed E-state index contributed by atoms with van der Waals surface area (Å²) in [6.45, 7) is 6.34. The Kier molecular flexibility index (Phi) is 4.12. The number of hydrogen-bond donors (Lipinski definition) is 1. The van der Waals surface area contributed by atoms with Crippen LogP contribution in [0, 0.1) is 5.41 Å². The van der Waals surface area contributed by atoms with Crippen LogP contribution in [0.5, 0.6) is 0 Å². The van der Waals surface area contributed by atoms with Crippen LogP contribution in [-0.4, -0.2) is 29.3 Å². The summed E-state index contributed by atoms with van der Waals surface area (Å²) in [5.74, 6) is -0.0467. The van der Waals surface area contributed by atoms with Crippen LogP contribution >= 0.6 is 0 Å². The summed E-state index contributed by atoms with van der Waals surface area (Å²) in [6.07, 6.45) is 1.62. The molecule has 1 atom stereocenters. The van der Waals surface area contributed by atoms with E-state index >= 15 is 0 Å². The minimum atomic E-state index is -0.449. The van der Waals surface area contributed by atoms with Crippen molar-refractivity contribution in [2.45, 2.75) is 39.7 Å². The summed E-state index contributed by atoms with van der Waals surface area (Å²) in [6, 6.07) is 9.01. The normalized spacial score (nSPS) is 18.9. The van der Waals surface area contributed by atoms with Crippen molar-refractivity contribution in [3.63, 3.8) is 0 Å². The molecule has 4 heteroatoms. The maximum absolute atomic E-state index is 12.4. The smallest absolute Gasteiger partial charge is 0.247 e. The Morgan fingerprint density at radius 2 is 1.85 bits per heavy atom. The van der Waals surface area contributed by atoms with Gasteiger partial charge in [0, 0.05) is 17.6 Å². The molecular weight excluding hydrogens is 252 g/mol. The van der Waals surface area contributed by atoms with E-state index in [0.29, 0.717) is 6.54 Å². The lowest BCUT2D eigenvalue weighted by molar-refractivity contribution is -0.143. The lowest BCUT2D eigenvalue weighted by Crippen LogP contribution is -2.47. The van der Waals surface area contributed by atoms with Gasteiger partial charge in [-0.25, -0.2) is 0 Å². The molecule has 0 aromatic heterocycles. The molecule has 108 valence electrons. The number of rotatable bonds is 2. The number of amides is 2. The molecule has 1 unspecified atom stereocenters. The highest BCUT2D eigenvalue weighted by molar-refractivity contribution is 5.98. The molecule has 20 heavy (non-hydrogen) atoms. The fraction of sp³-hybridized carbons (Fsp3) is 0.500. The third-order valence-electron chi connectivity index (χ3n) is 3.50. The summed E-state index contributed by atoms with van der Waals surface area (Å²) in [7, 11) is 0. The van der Waals surface area contributed by atoms with Gasteiger partial charge in [0.05, 0.1) is 0 Å². The average Bonchev–Trinajstić information content (AvgIpc) is 2.87. The summed E-state index contributed by atoms with van der Waals surface area (Å²) in [5, 5.41) is 2.89. The molecule has 0 radical (unpaired) electrons. The molecule has 1 N–H and O–H groups in total. The standard InChI is InChI=1S/C16H22N2O2/c1-16(2,3)15(20)18-11-7-10-13(18)14(19)17-12-8-5-4-6-9-12/h4-6,8-9,13H,7,10-11H2,1-3H3,(H,17,19). The molecule has 1 aromatic carbocycles. The van der Waals surface area contributed by atoms with Gasteiger partial charge < -0.3 is 10.2 Å². The van der Waals surface area contributed by atoms with Crippen molar-refractivity contribution in [2.24, 2.45) is 5.41 Å². The van der Waals surface area contributed by atoms with E-state index in [-0.39, 0.29) is 17.9 Å². The zero-order valence-electron chi connectivity index (χ0n) is 12.3. The van der Waals surface area contributed by atoms with Crippen LogP contribution in [0.3, 0.4) is 0 Å². The summed E-state index contributed by atoms with van der Waals surface area (Å²) in [5.41, 5.74) is 0.322. The maximum atomic E-state index is 12.4. The van der Waals surface area contributed by atoms with E-state index in [1.165, 1.54) is 0 Å². The minimum Gasteiger partial charge on any atom is -0.330 e. The van der Waals surface area contributed by atoms with Crippen LogP contribution in [0.1, 0.15) is 33.6 Å². The molecule has 1 aromatic rings. The third-order valence-corrected chi connectivity index (χ3v) is 3.50. The van der Waals surface area contributed by atoms with Gasteiger partial charge >= 0.3 is 0 Å². The Balaban J connectivity index is 2.07. The molecule has 0 spiro atoms. The lowest BCUT2D eigenvalue weighted by Gasteiger charge is -2.30. The van der Waals surface area contributed by atoms with Crippen molar-refractivity contribution in [3.05, 3.63) is 30.3 Å². The van der Waals surface area contributed by atoms with E-state index in [0.717, 1.165) is 18.5 Å². The number of carbonyl (C=O) groups is 2. The van der Waals surface area contributed by atoms with Gasteiger partial charge in [-0.1, -0.05) is 39.0 Å². The molecule has 0 saturated carbocycles. The lowest BCUT2D eigenvalue weighted by atomic mass is 9.94. The number of nitrogens with zero attached hydrogens (tertiary/aromatic N) is 1. The van der Waals surface area contributed by atoms with Gasteiger partial charge in [0.25, 0.3) is 0 Å². The van der Waals surface area contributed by atoms with E-state index in [1.54, 1.807) is 4.90 Å². The third kappa shape index (κ3) is 3.18. The van der Waals surface area contributed by atoms with Crippen LogP contribution in [-0.2, 0) is 9.59 Å². The van der Waals surface area contributed by atoms with Crippen molar-refractivity contribution in [1.29, 1.82) is 0 Å². The predicted molar refractivity (Wildman–Crippen MR) is 79.3 cm³/mol. The molecule has 4 nitrogen and oxygen atoms in total. The number of benzene rings is 1. The first-order chi connectivity index (χ1) is 9.39. The fourth-order valence-corrected chi connectivity index (χ4v) is 2.46. The number of likely N-dealkylation sites (tertiary alicyclic amines) is 1. The van der Waals surface area contributed by atoms with Crippen LogP contribution in [0.4, 0.5) is 5.69 Å². The minimum absolute atomic E-state index is 0.0446. The van der Waals surface area contributed by atoms with Gasteiger partial charge in [0.1, 0.15) is 6.04 Å². The molecule has 2 rings (SSSR count). The van der Waals surface area contributed by atoms with E-state index in [2.05, 4.69) is 5.32 Å². The van der Waals surface area contributed by atoms with Crippen molar-refractivity contribution in [1.82, 2.24) is 4.90 Å². The van der Waals surface area contributed by atoms with Crippen molar-refractivity contribution < 1.29 is 9.59 Å². The van der Waals surface area contributed by atoms with Gasteiger partial charge in [0.2, 0.25) is 11.8 Å². The molecule has 0 bridgehead atoms. The largest absolute Gasteiger partial charge is 0.330 e. The molecule has 1 aliphatic heterocycles. The molecule has 1 saturated heterocycles. The van der Waals surface area contributed by atoms with Gasteiger partial charge in [0.15, 0.2) is 0 Å². The second-order valence-electron chi connectivity index (χ2n) is 6.26. The van der Waals surface area contributed by atoms with Crippen LogP contribution in [0.15, 0.2) is 30.3 Å². The van der Waals surface area contributed by atoms with Crippen molar-refractivity contribution >= 4 is 17.5 Å². The summed E-state index contributed by atoms with van der Waals surface area (Å²) >= 11 is 0. The zero-order chi connectivity index (χ0) is 14.8. The first-order valence-electron chi connectivity index (χ1n) is 7.06. The second-order valence-corrected chi connectivity index (χ2v) is 6.26. The summed E-state index contributed by atoms with van der Waals surface area (Å²) < 4.78 is 0. The zero-order valence-corrected chi connectivity index (χ0v) is 12.3. The first-order valence-corrected chi connectivity index (χ1v) is 7.06. The number of nitrogens with one attached hydrogen (secondary N) is 1. The molecule has 1 fully saturated rings. The summed E-state index contributed by atoms with van der Waals surface area (Å²) in [4.78, 5) is 26.5. The predicted octanol–water partition coefficient (Wildman–Crippen LogP) is 2.66. The molecular formula is C16H22N2O2. The van der Waals surface area contributed by atoms with E-state index in [1.807, 2.05) is 51.1 Å². The number of carbonyl (C=O) groups excluding carboxylic acids is 2. The highest BCUT2D eigenvalue weighted by atomic mass is 16.2. The average molecular weight is 274 g/mol. The van der Waals surface area contributed by atoms with Crippen LogP contribution < -0.4 is 5.32 Å². The Labute approximate surface area is 120 Å². The van der Waals surface area contributed by atoms with Gasteiger partial charge in [-0.05, 0) is 25.0 Å². The second kappa shape index (κ2) is 5.65. The Hall–Kier alpha value is -1.84. The number of para-hydroxylation sites is 1. The van der Waals surface area contributed by atoms with Crippen molar-refractivity contribution in [3.8, 4) is 0 Å². The first kappa shape index (κ1) is 14.6. The molecule has 2 amide bonds. The Morgan fingerprint density at radius 1 is 1.20 bits per heavy atom.